The van der Waals surface area contributed by atoms with E-state index in [0.717, 1.165) is 19.3 Å². The number of hydrogen-bond acceptors (Lipinski definition) is 5. The summed E-state index contributed by atoms with van der Waals surface area (Å²) in [4.78, 5) is 24.5. The second-order valence-electron chi connectivity index (χ2n) is 7.48. The lowest BCUT2D eigenvalue weighted by Gasteiger charge is -2.27. The van der Waals surface area contributed by atoms with Crippen LogP contribution in [-0.2, 0) is 14.8 Å². The van der Waals surface area contributed by atoms with Crippen LogP contribution in [-0.4, -0.2) is 50.8 Å². The predicted octanol–water partition coefficient (Wildman–Crippen LogP) is 3.02. The van der Waals surface area contributed by atoms with Crippen molar-refractivity contribution in [2.45, 2.75) is 37.5 Å². The lowest BCUT2D eigenvalue weighted by Crippen LogP contribution is -2.35. The molecule has 9 heteroatoms. The zero-order valence-corrected chi connectivity index (χ0v) is 19.0. The van der Waals surface area contributed by atoms with Crippen LogP contribution in [0.1, 0.15) is 43.0 Å². The van der Waals surface area contributed by atoms with Crippen molar-refractivity contribution in [1.29, 1.82) is 0 Å². The molecule has 1 fully saturated rings. The largest absolute Gasteiger partial charge is 0.492 e. The van der Waals surface area contributed by atoms with Crippen LogP contribution in [0.5, 0.6) is 5.75 Å². The van der Waals surface area contributed by atoms with Gasteiger partial charge in [0.2, 0.25) is 15.9 Å². The Bertz CT molecular complexity index is 1030. The Morgan fingerprint density at radius 1 is 1.03 bits per heavy atom. The van der Waals surface area contributed by atoms with Crippen molar-refractivity contribution in [3.8, 4) is 5.75 Å². The van der Waals surface area contributed by atoms with Crippen LogP contribution in [0.2, 0.25) is 0 Å². The van der Waals surface area contributed by atoms with Crippen molar-refractivity contribution in [3.05, 3.63) is 54.1 Å². The van der Waals surface area contributed by atoms with Gasteiger partial charge in [-0.05, 0) is 50.1 Å². The zero-order chi connectivity index (χ0) is 23.0. The van der Waals surface area contributed by atoms with Crippen LogP contribution in [0.25, 0.3) is 0 Å². The first-order valence-corrected chi connectivity index (χ1v) is 12.3. The van der Waals surface area contributed by atoms with E-state index in [0.29, 0.717) is 30.9 Å². The predicted molar refractivity (Wildman–Crippen MR) is 122 cm³/mol. The number of piperidine rings is 1. The number of benzene rings is 2. The minimum absolute atomic E-state index is 0.0523. The molecule has 32 heavy (non-hydrogen) atoms. The smallest absolute Gasteiger partial charge is 0.251 e. The highest BCUT2D eigenvalue weighted by Gasteiger charge is 2.29. The molecule has 0 radical (unpaired) electrons. The fourth-order valence-corrected chi connectivity index (χ4v) is 5.19. The van der Waals surface area contributed by atoms with Crippen molar-refractivity contribution in [3.63, 3.8) is 0 Å². The summed E-state index contributed by atoms with van der Waals surface area (Å²) in [6.45, 7) is 3.23. The molecule has 0 atom stereocenters. The maximum Gasteiger partial charge on any atom is 0.251 e. The van der Waals surface area contributed by atoms with Gasteiger partial charge in [-0.3, -0.25) is 9.59 Å². The third-order valence-electron chi connectivity index (χ3n) is 5.13. The van der Waals surface area contributed by atoms with E-state index in [1.807, 2.05) is 6.07 Å². The molecule has 3 rings (SSSR count). The summed E-state index contributed by atoms with van der Waals surface area (Å²) < 4.78 is 33.4. The van der Waals surface area contributed by atoms with E-state index in [1.54, 1.807) is 43.3 Å². The zero-order valence-electron chi connectivity index (χ0n) is 18.2. The molecular formula is C23H29N3O5S. The van der Waals surface area contributed by atoms with E-state index in [2.05, 4.69) is 10.6 Å². The van der Waals surface area contributed by atoms with Crippen molar-refractivity contribution in [1.82, 2.24) is 9.62 Å². The quantitative estimate of drug-likeness (QED) is 0.600. The van der Waals surface area contributed by atoms with Crippen molar-refractivity contribution in [2.24, 2.45) is 0 Å². The lowest BCUT2D eigenvalue weighted by atomic mass is 10.2. The van der Waals surface area contributed by atoms with E-state index in [-0.39, 0.29) is 35.4 Å². The highest BCUT2D eigenvalue weighted by Crippen LogP contribution is 2.31. The summed E-state index contributed by atoms with van der Waals surface area (Å²) in [5.41, 5.74) is 0.885. The van der Waals surface area contributed by atoms with Crippen LogP contribution >= 0.6 is 0 Å². The molecule has 2 amide bonds. The number of carbonyl (C=O) groups is 2. The average molecular weight is 460 g/mol. The van der Waals surface area contributed by atoms with Gasteiger partial charge in [-0.2, -0.15) is 4.31 Å². The van der Waals surface area contributed by atoms with Crippen molar-refractivity contribution in [2.75, 3.05) is 31.6 Å². The molecule has 0 bridgehead atoms. The van der Waals surface area contributed by atoms with E-state index in [1.165, 1.54) is 10.4 Å². The molecule has 1 saturated heterocycles. The van der Waals surface area contributed by atoms with Gasteiger partial charge >= 0.3 is 0 Å². The summed E-state index contributed by atoms with van der Waals surface area (Å²) in [5.74, 6) is -0.315. The van der Waals surface area contributed by atoms with Crippen LogP contribution < -0.4 is 15.4 Å². The maximum absolute atomic E-state index is 13.2. The number of hydrogen-bond donors (Lipinski definition) is 2. The third kappa shape index (κ3) is 6.08. The highest BCUT2D eigenvalue weighted by molar-refractivity contribution is 7.89. The Morgan fingerprint density at radius 2 is 1.75 bits per heavy atom. The number of nitrogens with one attached hydrogen (secondary N) is 2. The number of anilines is 1. The molecule has 172 valence electrons. The summed E-state index contributed by atoms with van der Waals surface area (Å²) >= 11 is 0. The van der Waals surface area contributed by atoms with E-state index in [9.17, 15) is 18.0 Å². The van der Waals surface area contributed by atoms with Gasteiger partial charge in [0.25, 0.3) is 5.91 Å². The molecule has 0 aromatic heterocycles. The van der Waals surface area contributed by atoms with Crippen molar-refractivity contribution >= 4 is 27.5 Å². The molecule has 1 aliphatic heterocycles. The van der Waals surface area contributed by atoms with Crippen LogP contribution in [0, 0.1) is 0 Å². The molecule has 1 aliphatic rings. The van der Waals surface area contributed by atoms with Gasteiger partial charge in [0.05, 0.1) is 6.61 Å². The summed E-state index contributed by atoms with van der Waals surface area (Å²) in [7, 11) is -3.73. The molecule has 0 spiro atoms. The van der Waals surface area contributed by atoms with Crippen LogP contribution in [0.4, 0.5) is 5.69 Å². The monoisotopic (exact) mass is 459 g/mol. The molecule has 0 saturated carbocycles. The van der Waals surface area contributed by atoms with Gasteiger partial charge in [0.1, 0.15) is 10.6 Å². The normalized spacial score (nSPS) is 14.5. The average Bonchev–Trinajstić information content (AvgIpc) is 2.81. The first-order valence-electron chi connectivity index (χ1n) is 10.8. The minimum atomic E-state index is -3.73. The SMILES string of the molecule is CCOc1ccc(NC(=O)CCNC(=O)c2ccccc2)cc1S(=O)(=O)N1CCCCC1. The number of ether oxygens (including phenoxy) is 1. The molecule has 2 N–H and O–H groups in total. The Hall–Kier alpha value is -2.91. The molecule has 0 unspecified atom stereocenters. The van der Waals surface area contributed by atoms with Gasteiger partial charge in [-0.15, -0.1) is 0 Å². The Morgan fingerprint density at radius 3 is 2.44 bits per heavy atom. The topological polar surface area (TPSA) is 105 Å². The number of amides is 2. The van der Waals surface area contributed by atoms with E-state index >= 15 is 0 Å². The second kappa shape index (κ2) is 11.1. The number of sulfonamides is 1. The Kier molecular flexibility index (Phi) is 8.24. The molecule has 0 aliphatic carbocycles. The minimum Gasteiger partial charge on any atom is -0.492 e. The van der Waals surface area contributed by atoms with Gasteiger partial charge in [-0.1, -0.05) is 24.6 Å². The van der Waals surface area contributed by atoms with Crippen LogP contribution in [0.3, 0.4) is 0 Å². The first kappa shape index (κ1) is 23.7. The first-order chi connectivity index (χ1) is 15.4. The van der Waals surface area contributed by atoms with Gasteiger partial charge < -0.3 is 15.4 Å². The Balaban J connectivity index is 1.65. The fraction of sp³-hybridized carbons (Fsp3) is 0.391. The second-order valence-corrected chi connectivity index (χ2v) is 9.39. The molecule has 1 heterocycles. The summed E-state index contributed by atoms with van der Waals surface area (Å²) in [5, 5.41) is 5.41. The summed E-state index contributed by atoms with van der Waals surface area (Å²) in [6.07, 6.45) is 2.73. The third-order valence-corrected chi connectivity index (χ3v) is 7.05. The molecule has 8 nitrogen and oxygen atoms in total. The van der Waals surface area contributed by atoms with Gasteiger partial charge in [-0.25, -0.2) is 8.42 Å². The van der Waals surface area contributed by atoms with Crippen LogP contribution in [0.15, 0.2) is 53.4 Å². The number of carbonyl (C=O) groups excluding carboxylic acids is 2. The lowest BCUT2D eigenvalue weighted by molar-refractivity contribution is -0.116. The molecule has 2 aromatic carbocycles. The molecular weight excluding hydrogens is 430 g/mol. The van der Waals surface area contributed by atoms with Crippen molar-refractivity contribution < 1.29 is 22.7 Å². The van der Waals surface area contributed by atoms with E-state index in [4.69, 9.17) is 4.74 Å². The van der Waals surface area contributed by atoms with E-state index < -0.39 is 10.0 Å². The number of rotatable bonds is 9. The van der Waals surface area contributed by atoms with Gasteiger partial charge in [0, 0.05) is 37.3 Å². The van der Waals surface area contributed by atoms with Gasteiger partial charge in [0.15, 0.2) is 0 Å². The highest BCUT2D eigenvalue weighted by atomic mass is 32.2. The standard InChI is InChI=1S/C23H29N3O5S/c1-2-31-20-12-11-19(17-21(20)32(29,30)26-15-7-4-8-16-26)25-22(27)13-14-24-23(28)18-9-5-3-6-10-18/h3,5-6,9-12,17H,2,4,7-8,13-16H2,1H3,(H,24,28)(H,25,27). The number of nitrogens with zero attached hydrogens (tertiary/aromatic N) is 1. The molecule has 2 aromatic rings. The summed E-state index contributed by atoms with van der Waals surface area (Å²) in [6, 6.07) is 13.4. The Labute approximate surface area is 189 Å². The maximum atomic E-state index is 13.2. The fourth-order valence-electron chi connectivity index (χ4n) is 3.51.